The number of rotatable bonds is 5. The number of aliphatic hydroxyl groups excluding tert-OH is 1. The molecule has 0 spiro atoms. The van der Waals surface area contributed by atoms with Crippen molar-refractivity contribution >= 4 is 24.8 Å². The third-order valence-electron chi connectivity index (χ3n) is 5.69. The van der Waals surface area contributed by atoms with Crippen molar-refractivity contribution in [2.75, 3.05) is 18.9 Å². The number of nitrogens with zero attached hydrogens (tertiary/aromatic N) is 5. The molecule has 0 aromatic carbocycles. The number of aromatic nitrogens is 5. The van der Waals surface area contributed by atoms with E-state index in [4.69, 9.17) is 24.0 Å². The highest BCUT2D eigenvalue weighted by Gasteiger charge is 2.54. The number of nitrogen functional groups attached to an aromatic ring is 1. The van der Waals surface area contributed by atoms with E-state index in [0.717, 1.165) is 0 Å². The standard InChI is InChI=1S/C19H23N6O7P/c1-19(27)15(26)13(31-18(19)25-10-24-14-16(20)22-9-23-17(14)25)8-30-33(28)29-7-5-12(32-33)11-4-2-3-6-21-11/h2-4,6,9-10,12-13,15,18,26-27H,5,7-8H2,1H3,(H2,20,22,23)/t12-,13+,15+,18+,19+,33?/m0/s1. The van der Waals surface area contributed by atoms with Gasteiger partial charge in [-0.1, -0.05) is 6.07 Å². The maximum absolute atomic E-state index is 13.0. The molecule has 5 heterocycles. The van der Waals surface area contributed by atoms with Crippen LogP contribution in [0.4, 0.5) is 5.82 Å². The minimum Gasteiger partial charge on any atom is -0.387 e. The molecule has 0 radical (unpaired) electrons. The lowest BCUT2D eigenvalue weighted by atomic mass is 9.96. The second-order valence-corrected chi connectivity index (χ2v) is 9.62. The zero-order valence-corrected chi connectivity index (χ0v) is 18.5. The number of nitrogens with two attached hydrogens (primary N) is 1. The van der Waals surface area contributed by atoms with Crippen molar-refractivity contribution in [3.63, 3.8) is 0 Å². The van der Waals surface area contributed by atoms with E-state index in [1.54, 1.807) is 24.4 Å². The summed E-state index contributed by atoms with van der Waals surface area (Å²) in [5, 5.41) is 21.7. The predicted octanol–water partition coefficient (Wildman–Crippen LogP) is 1.12. The van der Waals surface area contributed by atoms with Gasteiger partial charge in [-0.05, 0) is 19.1 Å². The van der Waals surface area contributed by atoms with Gasteiger partial charge in [-0.3, -0.25) is 23.1 Å². The number of phosphoric acid groups is 1. The first-order valence-corrected chi connectivity index (χ1v) is 11.7. The Morgan fingerprint density at radius 3 is 2.97 bits per heavy atom. The molecule has 0 amide bonds. The number of hydrogen-bond donors (Lipinski definition) is 3. The van der Waals surface area contributed by atoms with Crippen molar-refractivity contribution < 1.29 is 33.1 Å². The van der Waals surface area contributed by atoms with Crippen molar-refractivity contribution in [2.45, 2.75) is 43.5 Å². The molecular formula is C19H23N6O7P. The lowest BCUT2D eigenvalue weighted by molar-refractivity contribution is -0.0953. The zero-order valence-electron chi connectivity index (χ0n) is 17.6. The van der Waals surface area contributed by atoms with Crippen molar-refractivity contribution in [3.05, 3.63) is 42.7 Å². The molecule has 6 atom stereocenters. The molecule has 0 aliphatic carbocycles. The first-order chi connectivity index (χ1) is 15.8. The van der Waals surface area contributed by atoms with Gasteiger partial charge in [-0.15, -0.1) is 0 Å². The van der Waals surface area contributed by atoms with Gasteiger partial charge in [0.05, 0.1) is 25.2 Å². The average molecular weight is 478 g/mol. The number of phosphoric ester groups is 1. The van der Waals surface area contributed by atoms with E-state index in [1.165, 1.54) is 24.1 Å². The third-order valence-corrected chi connectivity index (χ3v) is 7.17. The summed E-state index contributed by atoms with van der Waals surface area (Å²) >= 11 is 0. The highest BCUT2D eigenvalue weighted by Crippen LogP contribution is 2.57. The molecule has 2 fully saturated rings. The van der Waals surface area contributed by atoms with Gasteiger partial charge in [0.1, 0.15) is 35.8 Å². The zero-order chi connectivity index (χ0) is 23.2. The summed E-state index contributed by atoms with van der Waals surface area (Å²) in [5.74, 6) is 0.170. The van der Waals surface area contributed by atoms with E-state index in [0.29, 0.717) is 23.3 Å². The Balaban J connectivity index is 1.31. The van der Waals surface area contributed by atoms with Crippen LogP contribution in [0.25, 0.3) is 11.2 Å². The molecule has 4 N–H and O–H groups in total. The smallest absolute Gasteiger partial charge is 0.387 e. The fourth-order valence-electron chi connectivity index (χ4n) is 3.93. The Morgan fingerprint density at radius 1 is 1.33 bits per heavy atom. The van der Waals surface area contributed by atoms with Gasteiger partial charge in [-0.2, -0.15) is 0 Å². The Kier molecular flexibility index (Phi) is 5.65. The maximum atomic E-state index is 13.0. The van der Waals surface area contributed by atoms with E-state index in [-0.39, 0.29) is 19.0 Å². The lowest BCUT2D eigenvalue weighted by Crippen LogP contribution is -2.44. The molecule has 2 aliphatic heterocycles. The van der Waals surface area contributed by atoms with Crippen LogP contribution in [0.15, 0.2) is 37.1 Å². The Bertz CT molecular complexity index is 1190. The number of hydrogen-bond acceptors (Lipinski definition) is 12. The summed E-state index contributed by atoms with van der Waals surface area (Å²) in [6.45, 7) is 1.20. The van der Waals surface area contributed by atoms with Crippen LogP contribution >= 0.6 is 7.82 Å². The number of fused-ring (bicyclic) bond motifs is 1. The van der Waals surface area contributed by atoms with Crippen LogP contribution in [0.2, 0.25) is 0 Å². The monoisotopic (exact) mass is 478 g/mol. The van der Waals surface area contributed by atoms with Crippen molar-refractivity contribution in [1.82, 2.24) is 24.5 Å². The molecule has 13 nitrogen and oxygen atoms in total. The Hall–Kier alpha value is -2.51. The summed E-state index contributed by atoms with van der Waals surface area (Å²) in [6.07, 6.45) is 0.660. The van der Waals surface area contributed by atoms with Gasteiger partial charge < -0.3 is 20.7 Å². The second kappa shape index (κ2) is 8.37. The quantitative estimate of drug-likeness (QED) is 0.446. The molecule has 3 aromatic rings. The van der Waals surface area contributed by atoms with Gasteiger partial charge in [0, 0.05) is 12.6 Å². The molecule has 14 heteroatoms. The van der Waals surface area contributed by atoms with E-state index < -0.39 is 38.0 Å². The third kappa shape index (κ3) is 4.02. The molecule has 1 unspecified atom stereocenters. The fraction of sp³-hybridized carbons (Fsp3) is 0.474. The molecule has 2 aliphatic rings. The van der Waals surface area contributed by atoms with Gasteiger partial charge in [-0.25, -0.2) is 19.5 Å². The molecule has 5 rings (SSSR count). The van der Waals surface area contributed by atoms with Crippen LogP contribution in [0.1, 0.15) is 31.4 Å². The van der Waals surface area contributed by atoms with Crippen molar-refractivity contribution in [1.29, 1.82) is 0 Å². The fourth-order valence-corrected chi connectivity index (χ4v) is 5.31. The van der Waals surface area contributed by atoms with Crippen LogP contribution in [-0.2, 0) is 22.9 Å². The first kappa shape index (κ1) is 22.3. The lowest BCUT2D eigenvalue weighted by Gasteiger charge is -2.29. The topological polar surface area (TPSA) is 177 Å². The SMILES string of the molecule is C[C@@]1(O)[C@H](O)[C@@H](COP2(=O)OCC[C@@H](c3ccccn3)O2)O[C@H]1n1cnc2c(N)ncnc21. The van der Waals surface area contributed by atoms with Crippen LogP contribution in [0.5, 0.6) is 0 Å². The van der Waals surface area contributed by atoms with Gasteiger partial charge in [0.25, 0.3) is 0 Å². The van der Waals surface area contributed by atoms with Crippen molar-refractivity contribution in [3.8, 4) is 0 Å². The predicted molar refractivity (Wildman–Crippen MR) is 112 cm³/mol. The van der Waals surface area contributed by atoms with Crippen molar-refractivity contribution in [2.24, 2.45) is 0 Å². The molecule has 3 aromatic heterocycles. The van der Waals surface area contributed by atoms with Crippen LogP contribution in [-0.4, -0.2) is 65.7 Å². The average Bonchev–Trinajstić information content (AvgIpc) is 3.33. The Labute approximate surface area is 188 Å². The van der Waals surface area contributed by atoms with Crippen LogP contribution < -0.4 is 5.73 Å². The largest absolute Gasteiger partial charge is 0.475 e. The van der Waals surface area contributed by atoms with E-state index >= 15 is 0 Å². The Morgan fingerprint density at radius 2 is 2.18 bits per heavy atom. The molecule has 2 saturated heterocycles. The summed E-state index contributed by atoms with van der Waals surface area (Å²) in [5.41, 5.74) is 5.34. The molecular weight excluding hydrogens is 455 g/mol. The first-order valence-electron chi connectivity index (χ1n) is 10.3. The van der Waals surface area contributed by atoms with Gasteiger partial charge in [0.2, 0.25) is 0 Å². The normalized spacial score (nSPS) is 34.6. The number of imidazole rings is 1. The molecule has 0 bridgehead atoms. The van der Waals surface area contributed by atoms with Crippen LogP contribution in [0.3, 0.4) is 0 Å². The summed E-state index contributed by atoms with van der Waals surface area (Å²) in [6, 6.07) is 5.33. The minimum atomic E-state index is -3.95. The number of pyridine rings is 1. The second-order valence-electron chi connectivity index (χ2n) is 7.99. The highest BCUT2D eigenvalue weighted by molar-refractivity contribution is 7.48. The summed E-state index contributed by atoms with van der Waals surface area (Å²) < 4.78 is 36.7. The minimum absolute atomic E-state index is 0.148. The molecule has 0 saturated carbocycles. The van der Waals surface area contributed by atoms with Gasteiger partial charge in [0.15, 0.2) is 17.7 Å². The molecule has 176 valence electrons. The maximum Gasteiger partial charge on any atom is 0.475 e. The highest BCUT2D eigenvalue weighted by atomic mass is 31.2. The summed E-state index contributed by atoms with van der Waals surface area (Å²) in [4.78, 5) is 16.4. The van der Waals surface area contributed by atoms with E-state index in [1.807, 2.05) is 0 Å². The summed E-state index contributed by atoms with van der Waals surface area (Å²) in [7, 11) is -3.95. The van der Waals surface area contributed by atoms with Crippen LogP contribution in [0, 0.1) is 0 Å². The molecule has 33 heavy (non-hydrogen) atoms. The van der Waals surface area contributed by atoms with E-state index in [9.17, 15) is 14.8 Å². The van der Waals surface area contributed by atoms with Gasteiger partial charge >= 0.3 is 7.82 Å². The van der Waals surface area contributed by atoms with E-state index in [2.05, 4.69) is 19.9 Å². The number of ether oxygens (including phenoxy) is 1. The number of anilines is 1. The number of aliphatic hydroxyl groups is 2.